The molecule has 0 heterocycles. The van der Waals surface area contributed by atoms with E-state index in [2.05, 4.69) is 0 Å². The molecule has 3 rings (SSSR count). The molecule has 3 aromatic rings. The van der Waals surface area contributed by atoms with Crippen LogP contribution in [0.5, 0.6) is 0 Å². The van der Waals surface area contributed by atoms with Crippen LogP contribution in [0.1, 0.15) is 16.7 Å². The van der Waals surface area contributed by atoms with Gasteiger partial charge >= 0.3 is 6.80 Å². The second-order valence-corrected chi connectivity index (χ2v) is 9.80. The van der Waals surface area contributed by atoms with Gasteiger partial charge in [0.05, 0.1) is 13.2 Å². The minimum atomic E-state index is -3.30. The standard InChI is InChI=1S/C21H21O3PS/c22-25(23-16-19-10-4-1-5-11-19,24-17-20-12-6-2-7-13-20)26-18-21-14-8-3-9-15-21/h1-15H,16-18H2. The van der Waals surface area contributed by atoms with Crippen molar-refractivity contribution in [3.63, 3.8) is 0 Å². The Morgan fingerprint density at radius 2 is 1.00 bits per heavy atom. The molecule has 0 N–H and O–H groups in total. The Kier molecular flexibility index (Phi) is 7.10. The molecule has 0 fully saturated rings. The Morgan fingerprint density at radius 3 is 1.42 bits per heavy atom. The van der Waals surface area contributed by atoms with Crippen LogP contribution in [0.3, 0.4) is 0 Å². The quantitative estimate of drug-likeness (QED) is 0.397. The third kappa shape index (κ3) is 6.15. The zero-order chi connectivity index (χ0) is 18.1. The average Bonchev–Trinajstić information content (AvgIpc) is 2.72. The molecular formula is C21H21O3PS. The third-order valence-electron chi connectivity index (χ3n) is 3.70. The van der Waals surface area contributed by atoms with Gasteiger partial charge in [0.15, 0.2) is 0 Å². The van der Waals surface area contributed by atoms with Gasteiger partial charge in [0.2, 0.25) is 0 Å². The van der Waals surface area contributed by atoms with Gasteiger partial charge in [-0.15, -0.1) is 0 Å². The average molecular weight is 384 g/mol. The number of hydrogen-bond acceptors (Lipinski definition) is 4. The van der Waals surface area contributed by atoms with Crippen molar-refractivity contribution in [2.75, 3.05) is 0 Å². The van der Waals surface area contributed by atoms with Crippen LogP contribution in [0, 0.1) is 0 Å². The number of benzene rings is 3. The number of hydrogen-bond donors (Lipinski definition) is 0. The van der Waals surface area contributed by atoms with E-state index in [-0.39, 0.29) is 13.2 Å². The fourth-order valence-corrected chi connectivity index (χ4v) is 5.32. The van der Waals surface area contributed by atoms with Crippen LogP contribution in [0.25, 0.3) is 0 Å². The van der Waals surface area contributed by atoms with Crippen LogP contribution in [-0.2, 0) is 32.6 Å². The van der Waals surface area contributed by atoms with Crippen molar-refractivity contribution in [1.82, 2.24) is 0 Å². The highest BCUT2D eigenvalue weighted by molar-refractivity contribution is 8.54. The minimum Gasteiger partial charge on any atom is -0.296 e. The van der Waals surface area contributed by atoms with Crippen LogP contribution in [0.4, 0.5) is 0 Å². The monoisotopic (exact) mass is 384 g/mol. The van der Waals surface area contributed by atoms with Crippen molar-refractivity contribution in [2.45, 2.75) is 19.0 Å². The molecule has 5 heteroatoms. The van der Waals surface area contributed by atoms with Crippen LogP contribution in [0.15, 0.2) is 91.0 Å². The van der Waals surface area contributed by atoms with E-state index in [9.17, 15) is 4.57 Å². The molecule has 0 aromatic heterocycles. The second-order valence-electron chi connectivity index (χ2n) is 5.72. The van der Waals surface area contributed by atoms with Crippen molar-refractivity contribution in [3.05, 3.63) is 108 Å². The molecule has 0 aliphatic carbocycles. The summed E-state index contributed by atoms with van der Waals surface area (Å²) in [5, 5.41) is 0. The SMILES string of the molecule is O=P(OCc1ccccc1)(OCc1ccccc1)SCc1ccccc1. The Hall–Kier alpha value is -1.84. The van der Waals surface area contributed by atoms with Gasteiger partial charge in [0.25, 0.3) is 0 Å². The van der Waals surface area contributed by atoms with Crippen molar-refractivity contribution < 1.29 is 13.6 Å². The Labute approximate surface area is 158 Å². The van der Waals surface area contributed by atoms with Gasteiger partial charge in [-0.25, -0.2) is 4.57 Å². The van der Waals surface area contributed by atoms with Gasteiger partial charge in [-0.2, -0.15) is 0 Å². The van der Waals surface area contributed by atoms with Gasteiger partial charge < -0.3 is 0 Å². The first-order chi connectivity index (χ1) is 12.7. The Morgan fingerprint density at radius 1 is 0.615 bits per heavy atom. The third-order valence-corrected chi connectivity index (χ3v) is 7.33. The normalized spacial score (nSPS) is 11.4. The lowest BCUT2D eigenvalue weighted by atomic mass is 10.2. The highest BCUT2D eigenvalue weighted by Gasteiger charge is 2.26. The molecule has 0 radical (unpaired) electrons. The summed E-state index contributed by atoms with van der Waals surface area (Å²) in [7, 11) is 0. The van der Waals surface area contributed by atoms with E-state index in [0.717, 1.165) is 16.7 Å². The Balaban J connectivity index is 1.65. The van der Waals surface area contributed by atoms with Gasteiger partial charge in [-0.3, -0.25) is 9.05 Å². The van der Waals surface area contributed by atoms with Gasteiger partial charge in [0.1, 0.15) is 0 Å². The maximum Gasteiger partial charge on any atom is 0.390 e. The summed E-state index contributed by atoms with van der Waals surface area (Å²) < 4.78 is 24.8. The van der Waals surface area contributed by atoms with E-state index in [1.165, 1.54) is 11.4 Å². The summed E-state index contributed by atoms with van der Waals surface area (Å²) in [6.07, 6.45) is 0. The molecular weight excluding hydrogens is 363 g/mol. The molecule has 0 saturated heterocycles. The maximum absolute atomic E-state index is 13.3. The molecule has 0 spiro atoms. The van der Waals surface area contributed by atoms with E-state index in [0.29, 0.717) is 5.75 Å². The van der Waals surface area contributed by atoms with Crippen LogP contribution >= 0.6 is 18.2 Å². The van der Waals surface area contributed by atoms with Crippen molar-refractivity contribution in [1.29, 1.82) is 0 Å². The summed E-state index contributed by atoms with van der Waals surface area (Å²) >= 11 is 1.23. The molecule has 26 heavy (non-hydrogen) atoms. The molecule has 3 nitrogen and oxygen atoms in total. The van der Waals surface area contributed by atoms with E-state index in [1.54, 1.807) is 0 Å². The van der Waals surface area contributed by atoms with Crippen molar-refractivity contribution in [3.8, 4) is 0 Å². The van der Waals surface area contributed by atoms with E-state index < -0.39 is 6.80 Å². The molecule has 3 aromatic carbocycles. The van der Waals surface area contributed by atoms with Crippen molar-refractivity contribution >= 4 is 18.2 Å². The fraction of sp³-hybridized carbons (Fsp3) is 0.143. The molecule has 0 bridgehead atoms. The van der Waals surface area contributed by atoms with Gasteiger partial charge in [0, 0.05) is 5.75 Å². The van der Waals surface area contributed by atoms with Gasteiger partial charge in [-0.05, 0) is 28.1 Å². The lowest BCUT2D eigenvalue weighted by Crippen LogP contribution is -1.96. The smallest absolute Gasteiger partial charge is 0.296 e. The molecule has 0 amide bonds. The predicted molar refractivity (Wildman–Crippen MR) is 108 cm³/mol. The predicted octanol–water partition coefficient (Wildman–Crippen LogP) is 6.46. The minimum absolute atomic E-state index is 0.259. The van der Waals surface area contributed by atoms with Crippen LogP contribution in [0.2, 0.25) is 0 Å². The largest absolute Gasteiger partial charge is 0.390 e. The molecule has 134 valence electrons. The van der Waals surface area contributed by atoms with E-state index in [1.807, 2.05) is 91.0 Å². The first-order valence-corrected chi connectivity index (χ1v) is 11.5. The van der Waals surface area contributed by atoms with Crippen LogP contribution in [-0.4, -0.2) is 0 Å². The zero-order valence-corrected chi connectivity index (χ0v) is 16.1. The fourth-order valence-electron chi connectivity index (χ4n) is 2.30. The zero-order valence-electron chi connectivity index (χ0n) is 14.4. The topological polar surface area (TPSA) is 35.5 Å². The van der Waals surface area contributed by atoms with Crippen LogP contribution < -0.4 is 0 Å². The first-order valence-electron chi connectivity index (χ1n) is 8.39. The highest BCUT2D eigenvalue weighted by Crippen LogP contribution is 2.62. The number of rotatable bonds is 9. The maximum atomic E-state index is 13.3. The molecule has 0 atom stereocenters. The van der Waals surface area contributed by atoms with E-state index in [4.69, 9.17) is 9.05 Å². The molecule has 0 unspecified atom stereocenters. The first kappa shape index (κ1) is 18.9. The summed E-state index contributed by atoms with van der Waals surface area (Å²) in [6.45, 7) is -2.78. The Bertz CT molecular complexity index is 713. The summed E-state index contributed by atoms with van der Waals surface area (Å²) in [6, 6.07) is 29.3. The second kappa shape index (κ2) is 9.75. The summed E-state index contributed by atoms with van der Waals surface area (Å²) in [5.41, 5.74) is 3.03. The van der Waals surface area contributed by atoms with Crippen molar-refractivity contribution in [2.24, 2.45) is 0 Å². The highest BCUT2D eigenvalue weighted by atomic mass is 32.7. The molecule has 0 saturated carbocycles. The summed E-state index contributed by atoms with van der Waals surface area (Å²) in [5.74, 6) is 0.571. The molecule has 0 aliphatic heterocycles. The van der Waals surface area contributed by atoms with Gasteiger partial charge in [-0.1, -0.05) is 91.0 Å². The summed E-state index contributed by atoms with van der Waals surface area (Å²) in [4.78, 5) is 0. The van der Waals surface area contributed by atoms with E-state index >= 15 is 0 Å². The lowest BCUT2D eigenvalue weighted by molar-refractivity contribution is 0.206. The molecule has 0 aliphatic rings. The lowest BCUT2D eigenvalue weighted by Gasteiger charge is -2.18.